The van der Waals surface area contributed by atoms with Crippen LogP contribution in [0.3, 0.4) is 0 Å². The number of nitrogens with zero attached hydrogens (tertiary/aromatic N) is 16. The fraction of sp³-hybridized carbons (Fsp3) is 0.515. The first kappa shape index (κ1) is 101. The van der Waals surface area contributed by atoms with Crippen molar-refractivity contribution >= 4 is 104 Å². The Morgan fingerprint density at radius 2 is 0.633 bits per heavy atom. The maximum absolute atomic E-state index is 12.8. The number of nitrogens with two attached hydrogens (primary N) is 4. The number of hydrogen-bond donors (Lipinski definition) is 5. The summed E-state index contributed by atoms with van der Waals surface area (Å²) in [5, 5.41) is 3.50. The Labute approximate surface area is 814 Å². The highest BCUT2D eigenvalue weighted by Crippen LogP contribution is 2.54. The van der Waals surface area contributed by atoms with Crippen molar-refractivity contribution in [1.82, 2.24) is 77.7 Å². The van der Waals surface area contributed by atoms with E-state index in [1.807, 2.05) is 100 Å². The predicted molar refractivity (Wildman–Crippen MR) is 552 cm³/mol. The molecule has 0 amide bonds. The van der Waals surface area contributed by atoms with Gasteiger partial charge < -0.3 is 112 Å². The van der Waals surface area contributed by atoms with E-state index in [-0.39, 0.29) is 12.7 Å². The Balaban J connectivity index is 0.000000128. The largest absolute Gasteiger partial charge is 0.494 e. The smallest absolute Gasteiger partial charge is 0.367 e. The summed E-state index contributed by atoms with van der Waals surface area (Å²) in [5.41, 5.74) is 36.7. The first-order valence-electron chi connectivity index (χ1n) is 49.7. The van der Waals surface area contributed by atoms with Crippen molar-refractivity contribution in [2.75, 3.05) is 186 Å². The van der Waals surface area contributed by atoms with E-state index in [9.17, 15) is 18.6 Å². The summed E-state index contributed by atoms with van der Waals surface area (Å²) < 4.78 is 103. The average molecular weight is 1980 g/mol. The molecule has 4 aliphatic carbocycles. The summed E-state index contributed by atoms with van der Waals surface area (Å²) in [6, 6.07) is 33.0. The van der Waals surface area contributed by atoms with Gasteiger partial charge in [0.15, 0.2) is 12.7 Å². The number of ether oxygens (including phenoxy) is 4. The highest BCUT2D eigenvalue weighted by atomic mass is 31.2. The molecule has 1 atom stereocenters. The lowest BCUT2D eigenvalue weighted by atomic mass is 9.79. The lowest BCUT2D eigenvalue weighted by Crippen LogP contribution is -2.43. The van der Waals surface area contributed by atoms with Crippen LogP contribution >= 0.6 is 29.9 Å². The van der Waals surface area contributed by atoms with Crippen molar-refractivity contribution in [3.8, 4) is 67.5 Å². The third kappa shape index (κ3) is 24.5. The van der Waals surface area contributed by atoms with Gasteiger partial charge in [-0.15, -0.1) is 0 Å². The molecule has 4 saturated heterocycles. The molecule has 9 N–H and O–H groups in total. The van der Waals surface area contributed by atoms with Gasteiger partial charge in [0.2, 0.25) is 7.37 Å². The van der Waals surface area contributed by atoms with Gasteiger partial charge in [0.05, 0.1) is 80.6 Å². The minimum absolute atomic E-state index is 0.147. The first-order chi connectivity index (χ1) is 67.3. The molecule has 746 valence electrons. The molecular weight excluding hydrogens is 1840 g/mol. The van der Waals surface area contributed by atoms with Crippen LogP contribution in [0, 0.1) is 23.7 Å². The van der Waals surface area contributed by atoms with Gasteiger partial charge in [-0.1, -0.05) is 54.8 Å². The number of hydrogen-bond acceptors (Lipinski definition) is 29. The zero-order valence-corrected chi connectivity index (χ0v) is 84.9. The van der Waals surface area contributed by atoms with E-state index in [1.165, 1.54) is 149 Å². The number of nitrogen functional groups attached to an aromatic ring is 4. The Kier molecular flexibility index (Phi) is 33.2. The lowest BCUT2D eigenvalue weighted by Gasteiger charge is -2.42. The van der Waals surface area contributed by atoms with Gasteiger partial charge in [-0.2, -0.15) is 0 Å². The number of benzene rings is 4. The van der Waals surface area contributed by atoms with Crippen molar-refractivity contribution in [3.63, 3.8) is 0 Å². The molecule has 139 heavy (non-hydrogen) atoms. The van der Waals surface area contributed by atoms with Gasteiger partial charge in [0.1, 0.15) is 102 Å². The van der Waals surface area contributed by atoms with Crippen molar-refractivity contribution in [3.05, 3.63) is 147 Å². The number of rotatable bonds is 43. The number of anilines is 4. The lowest BCUT2D eigenvalue weighted by molar-refractivity contribution is 0.0921. The minimum Gasteiger partial charge on any atom is -0.494 e. The molecule has 0 bridgehead atoms. The fourth-order valence-electron chi connectivity index (χ4n) is 20.3. The number of likely N-dealkylation sites (tertiary alicyclic amines) is 4. The summed E-state index contributed by atoms with van der Waals surface area (Å²) in [4.78, 5) is 55.2. The van der Waals surface area contributed by atoms with E-state index in [1.54, 1.807) is 32.6 Å². The van der Waals surface area contributed by atoms with E-state index in [2.05, 4.69) is 127 Å². The normalized spacial score (nSPS) is 20.9. The van der Waals surface area contributed by atoms with Gasteiger partial charge in [0, 0.05) is 110 Å². The second-order valence-electron chi connectivity index (χ2n) is 38.0. The molecule has 0 radical (unpaired) electrons. The van der Waals surface area contributed by atoms with Crippen molar-refractivity contribution in [2.45, 2.75) is 149 Å². The van der Waals surface area contributed by atoms with Crippen LogP contribution in [0.5, 0.6) is 23.0 Å². The molecule has 20 rings (SSSR count). The molecular formula is C101H138N20O14P4. The van der Waals surface area contributed by atoms with Crippen LogP contribution < -0.4 is 41.9 Å². The van der Waals surface area contributed by atoms with Gasteiger partial charge in [-0.05, 0) is 272 Å². The standard InChI is InChI=1S/C27H38N5O4P.C27H38N5O3P.C25H34N5O4P.C22H28N5O3P/c1-3-35-37(33,36-4-2)13-7-12-34-23-9-5-8-21(16-23)24-18-32(27-25(24)26(28)29-19-30-27)22-14-20(15-22)17-31-10-6-11-31;1-4-34-36(3,35-5-2)13-12-33-23-9-6-8-21(16-23)24-18-32(27-25(24)26(28)29-19-30-27)22-14-20(15-22)17-31-10-7-11-31;1-3-33-35(31,34-4-2)17-32-21-8-5-7-19(13-21)22-15-30(25-23(22)24(26)27-16-28-25)20-11-18(12-20)14-29-9-6-10-29;1-31(28,29)14-30-18-5-2-4-16(10-18)19-12-27(22-20(19)21(23)24-13-25-22)17-8-15(9-17)11-26-6-3-7-26/h5,8-9,16,18-20,22H,3-4,6-7,10-15,17H2,1-2H3,(H2,28,29,30);6,8-9,16,18-20,22H,3-5,7,10-15,17H2,1-2H3,(H2,28,29,30);5,7-8,13,15-16,18,20H,3-4,6,9-12,14,17H2,1-2H3,(H2,26,27,28);2,4-5,10,12-13,15,17H,3,6-9,11,14H2,1H3,(H,28,29)(H2,23,24,25). The molecule has 4 aromatic carbocycles. The van der Waals surface area contributed by atoms with Crippen LogP contribution in [0.2, 0.25) is 0 Å². The number of fused-ring (bicyclic) bond motifs is 4. The molecule has 1 unspecified atom stereocenters. The maximum atomic E-state index is 12.8. The molecule has 4 saturated carbocycles. The molecule has 8 fully saturated rings. The van der Waals surface area contributed by atoms with Crippen molar-refractivity contribution in [1.29, 1.82) is 0 Å². The van der Waals surface area contributed by atoms with Gasteiger partial charge in [-0.25, -0.2) is 39.9 Å². The first-order valence-corrected chi connectivity index (χ1v) is 57.4. The van der Waals surface area contributed by atoms with Crippen molar-refractivity contribution < 1.29 is 64.7 Å². The fourth-order valence-corrected chi connectivity index (χ4v) is 25.2. The summed E-state index contributed by atoms with van der Waals surface area (Å²) in [5.74, 6) is 7.58. The Morgan fingerprint density at radius 3 is 0.906 bits per heavy atom. The average Bonchev–Trinajstić information content (AvgIpc) is 1.62. The predicted octanol–water partition coefficient (Wildman–Crippen LogP) is 19.0. The molecule has 8 aliphatic rings. The monoisotopic (exact) mass is 1980 g/mol. The Bertz CT molecular complexity index is 6340. The third-order valence-electron chi connectivity index (χ3n) is 27.8. The van der Waals surface area contributed by atoms with E-state index in [0.29, 0.717) is 131 Å². The van der Waals surface area contributed by atoms with E-state index in [4.69, 9.17) is 69.0 Å². The van der Waals surface area contributed by atoms with Gasteiger partial charge in [0.25, 0.3) is 0 Å². The summed E-state index contributed by atoms with van der Waals surface area (Å²) >= 11 is 0. The third-order valence-corrected chi connectivity index (χ3v) is 34.7. The van der Waals surface area contributed by atoms with E-state index in [0.717, 1.165) is 149 Å². The Hall–Kier alpha value is -9.69. The number of aromatic nitrogens is 12. The SMILES string of the molecule is C=P(CCOc1cccc(-c2cn(C3CC(CN4CCC4)C3)c3ncnc(N)c23)c1)(OCC)OCC.CCOP(=O)(CCCOc1cccc(-c2cn(C3CC(CN4CCC4)C3)c3ncnc(N)c23)c1)OCC.CCOP(=O)(COc1cccc(-c2cn(C3CC(CN4CCC4)C3)c3ncnc(N)c23)c1)OCC.CP(=O)(O)COc1cccc(-c2cn(C3CC(CN4CCC4)C3)c3ncnc(N)c23)c1. The zero-order valence-electron chi connectivity index (χ0n) is 81.4. The highest BCUT2D eigenvalue weighted by Gasteiger charge is 2.40. The van der Waals surface area contributed by atoms with Crippen LogP contribution in [0.4, 0.5) is 23.3 Å². The molecule has 12 aromatic rings. The topological polar surface area (TPSA) is 404 Å². The zero-order chi connectivity index (χ0) is 97.0. The second kappa shape index (κ2) is 45.7. The van der Waals surface area contributed by atoms with Crippen LogP contribution in [0.15, 0.2) is 147 Å². The summed E-state index contributed by atoms with van der Waals surface area (Å²) in [6.07, 6.45) is 34.8. The highest BCUT2D eigenvalue weighted by molar-refractivity contribution is 7.64. The maximum Gasteiger partial charge on any atom is 0.367 e. The van der Waals surface area contributed by atoms with Crippen LogP contribution in [0.1, 0.15) is 149 Å². The summed E-state index contributed by atoms with van der Waals surface area (Å²) in [7, 11) is -11.8. The molecule has 8 aromatic heterocycles. The van der Waals surface area contributed by atoms with E-state index < -0.39 is 29.9 Å². The van der Waals surface area contributed by atoms with Gasteiger partial charge >= 0.3 is 15.2 Å². The molecule has 38 heteroatoms. The van der Waals surface area contributed by atoms with Crippen LogP contribution in [-0.2, 0) is 40.8 Å². The van der Waals surface area contributed by atoms with Crippen LogP contribution in [-0.4, -0.2) is 252 Å². The quantitative estimate of drug-likeness (QED) is 0.0175. The molecule has 34 nitrogen and oxygen atoms in total. The van der Waals surface area contributed by atoms with Crippen LogP contribution in [0.25, 0.3) is 88.6 Å². The minimum atomic E-state index is -3.31. The molecule has 4 aliphatic heterocycles. The van der Waals surface area contributed by atoms with E-state index >= 15 is 0 Å². The molecule has 12 heterocycles. The Morgan fingerprint density at radius 1 is 0.360 bits per heavy atom. The van der Waals surface area contributed by atoms with Crippen molar-refractivity contribution in [2.24, 2.45) is 23.7 Å². The summed E-state index contributed by atoms with van der Waals surface area (Å²) in [6.45, 7) is 30.6. The second-order valence-corrected chi connectivity index (χ2v) is 47.1. The van der Waals surface area contributed by atoms with Gasteiger partial charge in [-0.3, -0.25) is 13.7 Å². The molecule has 0 spiro atoms.